The summed E-state index contributed by atoms with van der Waals surface area (Å²) in [5.74, 6) is 2.94. The first kappa shape index (κ1) is 51.9. The molecular weight excluding hydrogens is 986 g/mol. The van der Waals surface area contributed by atoms with Crippen molar-refractivity contribution in [3.63, 3.8) is 0 Å². The van der Waals surface area contributed by atoms with Crippen LogP contribution in [0.4, 0.5) is 23.5 Å². The van der Waals surface area contributed by atoms with Gasteiger partial charge in [0, 0.05) is 63.7 Å². The van der Waals surface area contributed by atoms with E-state index in [4.69, 9.17) is 57.0 Å². The van der Waals surface area contributed by atoms with Gasteiger partial charge in [-0.3, -0.25) is 14.1 Å². The number of hydrogen-bond acceptors (Lipinski definition) is 15. The van der Waals surface area contributed by atoms with E-state index in [1.165, 1.54) is 32.1 Å². The maximum absolute atomic E-state index is 13.3. The van der Waals surface area contributed by atoms with Gasteiger partial charge in [-0.2, -0.15) is 9.97 Å². The maximum Gasteiger partial charge on any atom is 0.469 e. The topological polar surface area (TPSA) is 246 Å². The maximum atomic E-state index is 13.3. The van der Waals surface area contributed by atoms with E-state index < -0.39 is 13.9 Å². The molecule has 6 aliphatic rings. The third kappa shape index (κ3) is 13.2. The highest BCUT2D eigenvalue weighted by molar-refractivity contribution is 7.46. The summed E-state index contributed by atoms with van der Waals surface area (Å²) < 4.78 is 26.4. The molecule has 388 valence electrons. The first-order chi connectivity index (χ1) is 34.6. The molecule has 72 heavy (non-hydrogen) atoms. The lowest BCUT2D eigenvalue weighted by Crippen LogP contribution is -2.39. The molecule has 0 atom stereocenters. The van der Waals surface area contributed by atoms with Crippen LogP contribution in [-0.4, -0.2) is 111 Å². The quantitative estimate of drug-likeness (QED) is 0.0532. The minimum Gasteiger partial charge on any atom is -0.495 e. The average molecular weight is 1050 g/mol. The van der Waals surface area contributed by atoms with E-state index >= 15 is 0 Å². The lowest BCUT2D eigenvalue weighted by Gasteiger charge is -2.29. The zero-order valence-electron chi connectivity index (χ0n) is 40.7. The second-order valence-corrected chi connectivity index (χ2v) is 22.4. The molecule has 4 aromatic rings. The summed E-state index contributed by atoms with van der Waals surface area (Å²) >= 11 is 12.6. The van der Waals surface area contributed by atoms with E-state index in [0.717, 1.165) is 56.6 Å². The molecule has 22 heteroatoms. The van der Waals surface area contributed by atoms with Gasteiger partial charge in [0.05, 0.1) is 36.5 Å². The van der Waals surface area contributed by atoms with Gasteiger partial charge in [-0.15, -0.1) is 0 Å². The van der Waals surface area contributed by atoms with Crippen molar-refractivity contribution in [3.8, 4) is 11.5 Å². The molecule has 2 aromatic carbocycles. The number of aliphatic hydroxyl groups is 1. The number of aromatic nitrogens is 4. The number of rotatable bonds is 16. The van der Waals surface area contributed by atoms with Crippen molar-refractivity contribution >= 4 is 66.4 Å². The van der Waals surface area contributed by atoms with Crippen LogP contribution < -0.4 is 40.5 Å². The summed E-state index contributed by atoms with van der Waals surface area (Å²) in [6.45, 7) is 4.63. The highest BCUT2D eigenvalue weighted by Gasteiger charge is 2.49. The normalized spacial score (nSPS) is 22.7. The SMILES string of the molecule is COc1ccc(CNc2nc(N3CCC4(CC4)C3)ncc2C(=O)NC2CCC(O)CC2)cc1Cl.COc1ccc(CNc2nc(N3CCC4(CC4)C3)ncc2C(=O)NC2CCC(OP(=O)(O)O)CC2)cc1Cl. The Morgan fingerprint density at radius 3 is 1.49 bits per heavy atom. The van der Waals surface area contributed by atoms with Gasteiger partial charge in [0.25, 0.3) is 11.8 Å². The Balaban J connectivity index is 0.000000179. The fourth-order valence-electron chi connectivity index (χ4n) is 10.3. The first-order valence-electron chi connectivity index (χ1n) is 25.0. The molecule has 2 amide bonds. The molecular formula is C50H65Cl2N10O9P. The van der Waals surface area contributed by atoms with Crippen molar-refractivity contribution < 1.29 is 43.0 Å². The Labute approximate surface area is 429 Å². The van der Waals surface area contributed by atoms with Crippen LogP contribution >= 0.6 is 31.0 Å². The standard InChI is InChI=1S/C25H33ClN5O6P.C25H32ClN5O3/c1-36-21-7-2-16(12-20(21)26)13-27-22-19(14-28-24(30-22)31-11-10-25(15-31)8-9-25)23(32)29-17-3-5-18(6-4-17)37-38(33,34)35;1-34-21-7-2-16(12-20(21)26)13-27-22-19(23(33)29-17-3-5-18(32)6-4-17)14-28-24(30-22)31-11-10-25(15-31)8-9-25/h2,7,12,14,17-18H,3-6,8-11,13,15H2,1H3,(H,29,32)(H,27,28,30)(H2,33,34,35);2,7,12,14,17-18,32H,3-6,8-11,13,15H2,1H3,(H,29,33)(H,27,28,30). The zero-order valence-corrected chi connectivity index (χ0v) is 43.2. The van der Waals surface area contributed by atoms with E-state index in [1.54, 1.807) is 32.7 Å². The molecule has 2 saturated heterocycles. The summed E-state index contributed by atoms with van der Waals surface area (Å²) in [6, 6.07) is 11.0. The number of nitrogens with zero attached hydrogens (tertiary/aromatic N) is 6. The molecule has 0 bridgehead atoms. The molecule has 19 nitrogen and oxygen atoms in total. The van der Waals surface area contributed by atoms with Crippen molar-refractivity contribution in [1.82, 2.24) is 30.6 Å². The Morgan fingerprint density at radius 2 is 1.11 bits per heavy atom. The van der Waals surface area contributed by atoms with Crippen molar-refractivity contribution in [1.29, 1.82) is 0 Å². The number of carbonyl (C=O) groups excluding carboxylic acids is 2. The third-order valence-electron chi connectivity index (χ3n) is 15.1. The van der Waals surface area contributed by atoms with E-state index in [-0.39, 0.29) is 30.0 Å². The van der Waals surface area contributed by atoms with Crippen LogP contribution in [0.25, 0.3) is 0 Å². The second kappa shape index (κ2) is 22.2. The van der Waals surface area contributed by atoms with E-state index in [9.17, 15) is 19.3 Å². The number of anilines is 4. The van der Waals surface area contributed by atoms with Gasteiger partial charge >= 0.3 is 7.82 Å². The predicted octanol–water partition coefficient (Wildman–Crippen LogP) is 7.67. The number of halogens is 2. The van der Waals surface area contributed by atoms with Gasteiger partial charge in [0.1, 0.15) is 34.3 Å². The Hall–Kier alpha value is -5.01. The molecule has 4 heterocycles. The van der Waals surface area contributed by atoms with Crippen LogP contribution in [-0.2, 0) is 22.2 Å². The highest BCUT2D eigenvalue weighted by Crippen LogP contribution is 2.54. The van der Waals surface area contributed by atoms with Gasteiger partial charge in [-0.05, 0) is 136 Å². The third-order valence-corrected chi connectivity index (χ3v) is 16.2. The lowest BCUT2D eigenvalue weighted by molar-refractivity contribution is 0.0820. The van der Waals surface area contributed by atoms with Crippen LogP contribution in [0, 0.1) is 10.8 Å². The molecule has 4 aliphatic carbocycles. The van der Waals surface area contributed by atoms with Gasteiger partial charge in [0.15, 0.2) is 0 Å². The minimum atomic E-state index is -4.53. The molecule has 2 spiro atoms. The predicted molar refractivity (Wildman–Crippen MR) is 274 cm³/mol. The number of phosphoric ester groups is 1. The average Bonchev–Trinajstić information content (AvgIpc) is 4.22. The Bertz CT molecular complexity index is 2640. The van der Waals surface area contributed by atoms with Crippen LogP contribution in [0.15, 0.2) is 48.8 Å². The number of ether oxygens (including phenoxy) is 2. The monoisotopic (exact) mass is 1050 g/mol. The Morgan fingerprint density at radius 1 is 0.681 bits per heavy atom. The molecule has 2 aromatic heterocycles. The summed E-state index contributed by atoms with van der Waals surface area (Å²) in [5.41, 5.74) is 3.49. The minimum absolute atomic E-state index is 0.0529. The fraction of sp³-hybridized carbons (Fsp3) is 0.560. The number of aliphatic hydroxyl groups excluding tert-OH is 1. The number of phosphoric acid groups is 1. The number of hydrogen-bond donors (Lipinski definition) is 7. The lowest BCUT2D eigenvalue weighted by atomic mass is 9.93. The highest BCUT2D eigenvalue weighted by atomic mass is 35.5. The van der Waals surface area contributed by atoms with E-state index in [1.807, 2.05) is 30.3 Å². The first-order valence-corrected chi connectivity index (χ1v) is 27.3. The van der Waals surface area contributed by atoms with Crippen LogP contribution in [0.3, 0.4) is 0 Å². The second-order valence-electron chi connectivity index (χ2n) is 20.4. The number of methoxy groups -OCH3 is 2. The summed E-state index contributed by atoms with van der Waals surface area (Å²) in [6.07, 6.45) is 14.8. The zero-order chi connectivity index (χ0) is 50.6. The van der Waals surface area contributed by atoms with Crippen molar-refractivity contribution in [3.05, 3.63) is 81.1 Å². The molecule has 2 aliphatic heterocycles. The summed E-state index contributed by atoms with van der Waals surface area (Å²) in [7, 11) is -1.38. The van der Waals surface area contributed by atoms with Gasteiger partial charge in [-0.1, -0.05) is 35.3 Å². The fourth-order valence-corrected chi connectivity index (χ4v) is 11.5. The number of carbonyl (C=O) groups is 2. The van der Waals surface area contributed by atoms with Gasteiger partial charge < -0.3 is 55.4 Å². The smallest absolute Gasteiger partial charge is 0.469 e. The summed E-state index contributed by atoms with van der Waals surface area (Å²) in [5, 5.41) is 23.6. The molecule has 4 saturated carbocycles. The van der Waals surface area contributed by atoms with Crippen molar-refractivity contribution in [2.45, 2.75) is 127 Å². The van der Waals surface area contributed by atoms with Crippen molar-refractivity contribution in [2.24, 2.45) is 10.8 Å². The molecule has 0 unspecified atom stereocenters. The van der Waals surface area contributed by atoms with Gasteiger partial charge in [-0.25, -0.2) is 14.5 Å². The van der Waals surface area contributed by atoms with E-state index in [2.05, 4.69) is 41.0 Å². The van der Waals surface area contributed by atoms with Gasteiger partial charge in [0.2, 0.25) is 11.9 Å². The van der Waals surface area contributed by atoms with Crippen LogP contribution in [0.2, 0.25) is 10.0 Å². The van der Waals surface area contributed by atoms with E-state index in [0.29, 0.717) is 119 Å². The summed E-state index contributed by atoms with van der Waals surface area (Å²) in [4.78, 5) is 67.6. The van der Waals surface area contributed by atoms with Crippen LogP contribution in [0.1, 0.15) is 122 Å². The number of benzene rings is 2. The largest absolute Gasteiger partial charge is 0.495 e. The molecule has 10 rings (SSSR count). The molecule has 0 radical (unpaired) electrons. The van der Waals surface area contributed by atoms with Crippen molar-refractivity contribution in [2.75, 3.05) is 60.8 Å². The van der Waals surface area contributed by atoms with Crippen LogP contribution in [0.5, 0.6) is 11.5 Å². The molecule has 6 fully saturated rings. The Kier molecular flexibility index (Phi) is 16.0. The number of nitrogens with one attached hydrogen (secondary N) is 4. The molecule has 7 N–H and O–H groups in total. The number of amides is 2.